The van der Waals surface area contributed by atoms with Crippen molar-refractivity contribution in [2.24, 2.45) is 11.8 Å². The van der Waals surface area contributed by atoms with Crippen LogP contribution in [0.1, 0.15) is 32.6 Å². The molecule has 1 aromatic rings. The molecule has 4 aliphatic rings. The number of benzene rings is 1. The van der Waals surface area contributed by atoms with Gasteiger partial charge in [0.15, 0.2) is 20.9 Å². The third-order valence-corrected chi connectivity index (χ3v) is 11.8. The Balaban J connectivity index is 1.43. The summed E-state index contributed by atoms with van der Waals surface area (Å²) in [6.07, 6.45) is 1.59. The SMILES string of the molecule is CC(C)(C)[Si](C)(C)O[C@H]1C=C2CO[C@H]3O[C@@H]4COC(c5ccccc5)O[C@H]4[C@@H]1[C@H]23. The van der Waals surface area contributed by atoms with Crippen LogP contribution in [0.25, 0.3) is 0 Å². The van der Waals surface area contributed by atoms with Gasteiger partial charge in [0.05, 0.1) is 25.4 Å². The summed E-state index contributed by atoms with van der Waals surface area (Å²) in [7, 11) is -1.92. The molecule has 0 aromatic heterocycles. The van der Waals surface area contributed by atoms with Gasteiger partial charge >= 0.3 is 0 Å². The summed E-state index contributed by atoms with van der Waals surface area (Å²) in [4.78, 5) is 0. The highest BCUT2D eigenvalue weighted by atomic mass is 28.4. The van der Waals surface area contributed by atoms with Gasteiger partial charge < -0.3 is 23.4 Å². The van der Waals surface area contributed by atoms with Crippen LogP contribution in [0.2, 0.25) is 18.1 Å². The second-order valence-corrected chi connectivity index (χ2v) is 15.0. The monoisotopic (exact) mass is 416 g/mol. The zero-order valence-electron chi connectivity index (χ0n) is 18.0. The average molecular weight is 417 g/mol. The van der Waals surface area contributed by atoms with Crippen molar-refractivity contribution in [3.8, 4) is 0 Å². The number of ether oxygens (including phenoxy) is 4. The maximum Gasteiger partial charge on any atom is 0.192 e. The van der Waals surface area contributed by atoms with Crippen LogP contribution >= 0.6 is 0 Å². The highest BCUT2D eigenvalue weighted by Gasteiger charge is 2.59. The van der Waals surface area contributed by atoms with Crippen molar-refractivity contribution >= 4 is 8.32 Å². The minimum Gasteiger partial charge on any atom is -0.410 e. The van der Waals surface area contributed by atoms with Crippen LogP contribution in [0.15, 0.2) is 42.0 Å². The molecule has 0 spiro atoms. The van der Waals surface area contributed by atoms with Crippen molar-refractivity contribution in [1.29, 1.82) is 0 Å². The molecule has 29 heavy (non-hydrogen) atoms. The number of rotatable bonds is 3. The van der Waals surface area contributed by atoms with Crippen LogP contribution in [0, 0.1) is 11.8 Å². The molecule has 3 heterocycles. The van der Waals surface area contributed by atoms with E-state index in [4.69, 9.17) is 23.4 Å². The third-order valence-electron chi connectivity index (χ3n) is 7.36. The van der Waals surface area contributed by atoms with E-state index in [1.807, 2.05) is 18.2 Å². The van der Waals surface area contributed by atoms with E-state index >= 15 is 0 Å². The normalized spacial score (nSPS) is 39.1. The van der Waals surface area contributed by atoms with Crippen molar-refractivity contribution in [2.75, 3.05) is 13.2 Å². The quantitative estimate of drug-likeness (QED) is 0.539. The first-order chi connectivity index (χ1) is 13.7. The Morgan fingerprint density at radius 3 is 2.52 bits per heavy atom. The van der Waals surface area contributed by atoms with Gasteiger partial charge in [0, 0.05) is 17.4 Å². The molecule has 1 unspecified atom stereocenters. The fourth-order valence-electron chi connectivity index (χ4n) is 4.77. The van der Waals surface area contributed by atoms with E-state index in [1.165, 1.54) is 5.57 Å². The van der Waals surface area contributed by atoms with E-state index in [0.717, 1.165) is 5.56 Å². The highest BCUT2D eigenvalue weighted by Crippen LogP contribution is 2.52. The molecule has 3 saturated heterocycles. The first-order valence-corrected chi connectivity index (χ1v) is 13.6. The molecular weight excluding hydrogens is 384 g/mol. The summed E-state index contributed by atoms with van der Waals surface area (Å²) in [6.45, 7) is 12.6. The van der Waals surface area contributed by atoms with Gasteiger partial charge in [0.2, 0.25) is 0 Å². The molecule has 0 bridgehead atoms. The second-order valence-electron chi connectivity index (χ2n) is 10.2. The molecule has 3 fully saturated rings. The van der Waals surface area contributed by atoms with E-state index in [1.54, 1.807) is 0 Å². The molecule has 6 heteroatoms. The average Bonchev–Trinajstić information content (AvgIpc) is 3.23. The maximum atomic E-state index is 6.91. The first kappa shape index (κ1) is 19.9. The van der Waals surface area contributed by atoms with Gasteiger partial charge in [0.25, 0.3) is 0 Å². The smallest absolute Gasteiger partial charge is 0.192 e. The zero-order valence-corrected chi connectivity index (χ0v) is 19.0. The van der Waals surface area contributed by atoms with Crippen LogP contribution in [0.4, 0.5) is 0 Å². The van der Waals surface area contributed by atoms with E-state index in [9.17, 15) is 0 Å². The van der Waals surface area contributed by atoms with Gasteiger partial charge in [-0.05, 0) is 23.7 Å². The van der Waals surface area contributed by atoms with Crippen molar-refractivity contribution in [1.82, 2.24) is 0 Å². The molecule has 0 N–H and O–H groups in total. The molecule has 3 aliphatic heterocycles. The van der Waals surface area contributed by atoms with Gasteiger partial charge in [-0.1, -0.05) is 57.2 Å². The molecule has 1 aromatic carbocycles. The second kappa shape index (κ2) is 7.01. The molecule has 0 radical (unpaired) electrons. The van der Waals surface area contributed by atoms with Crippen molar-refractivity contribution in [3.05, 3.63) is 47.5 Å². The summed E-state index contributed by atoms with van der Waals surface area (Å²) < 4.78 is 31.7. The summed E-state index contributed by atoms with van der Waals surface area (Å²) in [5.41, 5.74) is 2.36. The Labute approximate surface area is 174 Å². The lowest BCUT2D eigenvalue weighted by Crippen LogP contribution is -2.58. The Hall–Kier alpha value is -1.02. The van der Waals surface area contributed by atoms with Gasteiger partial charge in [-0.3, -0.25) is 0 Å². The predicted octanol–water partition coefficient (Wildman–Crippen LogP) is 4.42. The Morgan fingerprint density at radius 2 is 1.79 bits per heavy atom. The lowest BCUT2D eigenvalue weighted by atomic mass is 9.81. The Kier molecular flexibility index (Phi) is 4.81. The van der Waals surface area contributed by atoms with Gasteiger partial charge in [0.1, 0.15) is 6.10 Å². The standard InChI is InChI=1S/C23H32O5Si/c1-23(2,3)29(4,5)28-16-11-15-12-24-22-18(15)19(16)20-17(26-22)13-25-21(27-20)14-9-7-6-8-10-14/h6-11,16-22H,12-13H2,1-5H3/t16-,17+,18-,19-,20+,21?,22-/m0/s1. The summed E-state index contributed by atoms with van der Waals surface area (Å²) in [5.74, 6) is 0.432. The van der Waals surface area contributed by atoms with Gasteiger partial charge in [-0.25, -0.2) is 0 Å². The lowest BCUT2D eigenvalue weighted by molar-refractivity contribution is -0.335. The van der Waals surface area contributed by atoms with E-state index in [2.05, 4.69) is 52.1 Å². The fourth-order valence-corrected chi connectivity index (χ4v) is 6.03. The van der Waals surface area contributed by atoms with Crippen LogP contribution in [0.5, 0.6) is 0 Å². The molecule has 5 rings (SSSR count). The Morgan fingerprint density at radius 1 is 1.03 bits per heavy atom. The number of hydrogen-bond donors (Lipinski definition) is 0. The lowest BCUT2D eigenvalue weighted by Gasteiger charge is -2.49. The molecule has 1 aliphatic carbocycles. The van der Waals surface area contributed by atoms with Gasteiger partial charge in [-0.2, -0.15) is 0 Å². The van der Waals surface area contributed by atoms with E-state index in [0.29, 0.717) is 13.2 Å². The number of hydrogen-bond acceptors (Lipinski definition) is 5. The topological polar surface area (TPSA) is 46.2 Å². The van der Waals surface area contributed by atoms with Crippen LogP contribution in [0.3, 0.4) is 0 Å². The molecule has 7 atom stereocenters. The van der Waals surface area contributed by atoms with Crippen molar-refractivity contribution < 1.29 is 23.4 Å². The predicted molar refractivity (Wildman–Crippen MR) is 112 cm³/mol. The summed E-state index contributed by atoms with van der Waals surface area (Å²) in [6, 6.07) is 10.2. The minimum absolute atomic E-state index is 0.0493. The largest absolute Gasteiger partial charge is 0.410 e. The van der Waals surface area contributed by atoms with Crippen LogP contribution in [-0.2, 0) is 23.4 Å². The molecule has 0 saturated carbocycles. The van der Waals surface area contributed by atoms with Crippen LogP contribution < -0.4 is 0 Å². The fraction of sp³-hybridized carbons (Fsp3) is 0.652. The van der Waals surface area contributed by atoms with Crippen LogP contribution in [-0.4, -0.2) is 46.1 Å². The molecular formula is C23H32O5Si. The Bertz CT molecular complexity index is 786. The van der Waals surface area contributed by atoms with E-state index < -0.39 is 8.32 Å². The zero-order chi connectivity index (χ0) is 20.4. The van der Waals surface area contributed by atoms with E-state index in [-0.39, 0.29) is 47.8 Å². The summed E-state index contributed by atoms with van der Waals surface area (Å²) >= 11 is 0. The molecule has 5 nitrogen and oxygen atoms in total. The molecule has 0 amide bonds. The van der Waals surface area contributed by atoms with Crippen molar-refractivity contribution in [2.45, 2.75) is 69.8 Å². The first-order valence-electron chi connectivity index (χ1n) is 10.7. The highest BCUT2D eigenvalue weighted by molar-refractivity contribution is 6.74. The van der Waals surface area contributed by atoms with Crippen molar-refractivity contribution in [3.63, 3.8) is 0 Å². The van der Waals surface area contributed by atoms with Gasteiger partial charge in [-0.15, -0.1) is 0 Å². The molecule has 158 valence electrons. The number of fused-ring (bicyclic) bond motifs is 2. The third kappa shape index (κ3) is 3.34. The maximum absolute atomic E-state index is 6.91. The minimum atomic E-state index is -1.92. The summed E-state index contributed by atoms with van der Waals surface area (Å²) in [5, 5.41) is 0.160.